The first-order valence-electron chi connectivity index (χ1n) is 5.15. The molecule has 0 spiro atoms. The molecule has 1 unspecified atom stereocenters. The molecule has 0 aliphatic heterocycles. The Hall–Kier alpha value is -0.850. The van der Waals surface area contributed by atoms with E-state index in [0.717, 1.165) is 18.4 Å². The molecule has 0 amide bonds. The SMILES string of the molecule is C=C/C(F)=C\C(=C)C(C)CCC(C)C. The lowest BCUT2D eigenvalue weighted by molar-refractivity contribution is 0.493. The Morgan fingerprint density at radius 3 is 2.29 bits per heavy atom. The fourth-order valence-electron chi connectivity index (χ4n) is 1.15. The highest BCUT2D eigenvalue weighted by atomic mass is 19.1. The third kappa shape index (κ3) is 5.74. The van der Waals surface area contributed by atoms with Gasteiger partial charge in [0.05, 0.1) is 0 Å². The lowest BCUT2D eigenvalue weighted by Gasteiger charge is -2.13. The zero-order valence-electron chi connectivity index (χ0n) is 9.52. The molecular weight excluding hydrogens is 175 g/mol. The number of allylic oxidation sites excluding steroid dienone is 4. The molecule has 0 aromatic carbocycles. The van der Waals surface area contributed by atoms with Gasteiger partial charge in [0.1, 0.15) is 5.83 Å². The van der Waals surface area contributed by atoms with Crippen molar-refractivity contribution in [3.63, 3.8) is 0 Å². The van der Waals surface area contributed by atoms with Gasteiger partial charge in [-0.1, -0.05) is 40.3 Å². The molecule has 0 N–H and O–H groups in total. The average Bonchev–Trinajstić information content (AvgIpc) is 2.13. The summed E-state index contributed by atoms with van der Waals surface area (Å²) in [5, 5.41) is 0. The maximum atomic E-state index is 12.8. The van der Waals surface area contributed by atoms with E-state index in [4.69, 9.17) is 0 Å². The van der Waals surface area contributed by atoms with Crippen molar-refractivity contribution in [1.82, 2.24) is 0 Å². The van der Waals surface area contributed by atoms with E-state index in [-0.39, 0.29) is 5.83 Å². The molecule has 0 fully saturated rings. The van der Waals surface area contributed by atoms with Crippen LogP contribution in [0.5, 0.6) is 0 Å². The van der Waals surface area contributed by atoms with Gasteiger partial charge in [-0.25, -0.2) is 4.39 Å². The molecule has 0 nitrogen and oxygen atoms in total. The molecule has 0 aliphatic rings. The summed E-state index contributed by atoms with van der Waals surface area (Å²) in [4.78, 5) is 0. The summed E-state index contributed by atoms with van der Waals surface area (Å²) in [5.41, 5.74) is 0.850. The third-order valence-electron chi connectivity index (χ3n) is 2.33. The second-order valence-electron chi connectivity index (χ2n) is 4.18. The molecule has 0 saturated heterocycles. The summed E-state index contributed by atoms with van der Waals surface area (Å²) < 4.78 is 12.8. The normalized spacial score (nSPS) is 14.2. The van der Waals surface area contributed by atoms with E-state index in [1.807, 2.05) is 0 Å². The molecule has 14 heavy (non-hydrogen) atoms. The molecule has 0 rings (SSSR count). The van der Waals surface area contributed by atoms with Gasteiger partial charge in [0.15, 0.2) is 0 Å². The smallest absolute Gasteiger partial charge is 0.122 e. The van der Waals surface area contributed by atoms with Crippen LogP contribution in [-0.4, -0.2) is 0 Å². The Kier molecular flexibility index (Phi) is 6.18. The molecule has 0 radical (unpaired) electrons. The highest BCUT2D eigenvalue weighted by Gasteiger charge is 2.06. The van der Waals surface area contributed by atoms with Crippen LogP contribution >= 0.6 is 0 Å². The van der Waals surface area contributed by atoms with Gasteiger partial charge in [0.2, 0.25) is 0 Å². The van der Waals surface area contributed by atoms with Crippen LogP contribution in [0.4, 0.5) is 4.39 Å². The van der Waals surface area contributed by atoms with E-state index in [1.54, 1.807) is 0 Å². The first-order valence-corrected chi connectivity index (χ1v) is 5.15. The lowest BCUT2D eigenvalue weighted by atomic mass is 9.93. The Morgan fingerprint density at radius 1 is 1.29 bits per heavy atom. The van der Waals surface area contributed by atoms with Crippen LogP contribution in [-0.2, 0) is 0 Å². The predicted octanol–water partition coefficient (Wildman–Crippen LogP) is 4.65. The van der Waals surface area contributed by atoms with Crippen LogP contribution in [0.15, 0.2) is 36.7 Å². The number of hydrogen-bond donors (Lipinski definition) is 0. The van der Waals surface area contributed by atoms with Crippen LogP contribution in [0.2, 0.25) is 0 Å². The fraction of sp³-hybridized carbons (Fsp3) is 0.538. The van der Waals surface area contributed by atoms with Crippen molar-refractivity contribution in [3.8, 4) is 0 Å². The Bertz CT molecular complexity index is 223. The maximum Gasteiger partial charge on any atom is 0.122 e. The van der Waals surface area contributed by atoms with Crippen molar-refractivity contribution in [1.29, 1.82) is 0 Å². The van der Waals surface area contributed by atoms with Gasteiger partial charge < -0.3 is 0 Å². The van der Waals surface area contributed by atoms with Crippen molar-refractivity contribution in [2.45, 2.75) is 33.6 Å². The largest absolute Gasteiger partial charge is 0.207 e. The Labute approximate surface area is 87.2 Å². The monoisotopic (exact) mass is 196 g/mol. The van der Waals surface area contributed by atoms with Crippen LogP contribution in [0.1, 0.15) is 33.6 Å². The molecule has 0 heterocycles. The molecule has 1 atom stereocenters. The van der Waals surface area contributed by atoms with Gasteiger partial charge in [-0.3, -0.25) is 0 Å². The minimum absolute atomic E-state index is 0.300. The van der Waals surface area contributed by atoms with Crippen molar-refractivity contribution in [2.24, 2.45) is 11.8 Å². The van der Waals surface area contributed by atoms with Gasteiger partial charge in [-0.2, -0.15) is 0 Å². The number of rotatable bonds is 6. The van der Waals surface area contributed by atoms with Gasteiger partial charge in [-0.15, -0.1) is 0 Å². The zero-order valence-corrected chi connectivity index (χ0v) is 9.52. The summed E-state index contributed by atoms with van der Waals surface area (Å²) >= 11 is 0. The minimum atomic E-state index is -0.300. The average molecular weight is 196 g/mol. The topological polar surface area (TPSA) is 0 Å². The first kappa shape index (κ1) is 13.2. The fourth-order valence-corrected chi connectivity index (χ4v) is 1.15. The zero-order chi connectivity index (χ0) is 11.1. The maximum absolute atomic E-state index is 12.8. The van der Waals surface area contributed by atoms with E-state index in [1.165, 1.54) is 12.2 Å². The van der Waals surface area contributed by atoms with E-state index in [9.17, 15) is 4.39 Å². The highest BCUT2D eigenvalue weighted by Crippen LogP contribution is 2.20. The molecule has 0 aromatic heterocycles. The molecule has 80 valence electrons. The van der Waals surface area contributed by atoms with Crippen molar-refractivity contribution in [3.05, 3.63) is 36.7 Å². The second kappa shape index (κ2) is 6.58. The van der Waals surface area contributed by atoms with Crippen LogP contribution < -0.4 is 0 Å². The molecular formula is C13H21F. The van der Waals surface area contributed by atoms with E-state index < -0.39 is 0 Å². The van der Waals surface area contributed by atoms with Crippen molar-refractivity contribution in [2.75, 3.05) is 0 Å². The predicted molar refractivity (Wildman–Crippen MR) is 61.8 cm³/mol. The highest BCUT2D eigenvalue weighted by molar-refractivity contribution is 5.24. The molecule has 0 aromatic rings. The molecule has 0 bridgehead atoms. The van der Waals surface area contributed by atoms with Crippen LogP contribution in [0.25, 0.3) is 0 Å². The lowest BCUT2D eigenvalue weighted by Crippen LogP contribution is -1.99. The Morgan fingerprint density at radius 2 is 1.86 bits per heavy atom. The summed E-state index contributed by atoms with van der Waals surface area (Å²) in [6.45, 7) is 13.7. The summed E-state index contributed by atoms with van der Waals surface area (Å²) in [6.07, 6.45) is 4.90. The van der Waals surface area contributed by atoms with E-state index >= 15 is 0 Å². The third-order valence-corrected chi connectivity index (χ3v) is 2.33. The standard InChI is InChI=1S/C13H21F/c1-6-13(14)9-12(5)11(4)8-7-10(2)3/h6,9-11H,1,5,7-8H2,2-4H3/b13-9+. The van der Waals surface area contributed by atoms with Crippen molar-refractivity contribution < 1.29 is 4.39 Å². The minimum Gasteiger partial charge on any atom is -0.207 e. The molecule has 1 heteroatoms. The summed E-state index contributed by atoms with van der Waals surface area (Å²) in [5.74, 6) is 0.743. The molecule has 0 saturated carbocycles. The van der Waals surface area contributed by atoms with Gasteiger partial charge in [0, 0.05) is 0 Å². The molecule has 0 aliphatic carbocycles. The quantitative estimate of drug-likeness (QED) is 0.542. The van der Waals surface area contributed by atoms with Gasteiger partial charge >= 0.3 is 0 Å². The Balaban J connectivity index is 4.06. The number of hydrogen-bond acceptors (Lipinski definition) is 0. The van der Waals surface area contributed by atoms with Crippen LogP contribution in [0.3, 0.4) is 0 Å². The summed E-state index contributed by atoms with van der Waals surface area (Å²) in [6, 6.07) is 0. The van der Waals surface area contributed by atoms with E-state index in [0.29, 0.717) is 11.8 Å². The van der Waals surface area contributed by atoms with Gasteiger partial charge in [0.25, 0.3) is 0 Å². The number of halogens is 1. The van der Waals surface area contributed by atoms with E-state index in [2.05, 4.69) is 33.9 Å². The summed E-state index contributed by atoms with van der Waals surface area (Å²) in [7, 11) is 0. The van der Waals surface area contributed by atoms with Crippen molar-refractivity contribution >= 4 is 0 Å². The van der Waals surface area contributed by atoms with Gasteiger partial charge in [-0.05, 0) is 36.0 Å². The first-order chi connectivity index (χ1) is 6.47. The second-order valence-corrected chi connectivity index (χ2v) is 4.18. The van der Waals surface area contributed by atoms with Crippen LogP contribution in [0, 0.1) is 11.8 Å².